The number of carbonyl (C=O) groups excluding carboxylic acids is 3. The lowest BCUT2D eigenvalue weighted by Crippen LogP contribution is -2.61. The van der Waals surface area contributed by atoms with Crippen molar-refractivity contribution in [2.24, 2.45) is 0 Å². The highest BCUT2D eigenvalue weighted by molar-refractivity contribution is 7.92. The number of nitrogens with one attached hydrogen (secondary N) is 4. The zero-order chi connectivity index (χ0) is 46.2. The highest BCUT2D eigenvalue weighted by Gasteiger charge is 2.46. The second kappa shape index (κ2) is 20.9. The van der Waals surface area contributed by atoms with E-state index in [0.29, 0.717) is 59.5 Å². The Hall–Kier alpha value is -4.97. The number of ether oxygens (including phenoxy) is 2. The molecule has 1 aliphatic carbocycles. The number of nitrogens with zero attached hydrogens (tertiary/aromatic N) is 3. The molecule has 2 aliphatic heterocycles. The van der Waals surface area contributed by atoms with Crippen LogP contribution in [0.5, 0.6) is 11.5 Å². The number of sulfone groups is 1. The number of rotatable bonds is 11. The molecular formula is C46H65N7O9S2. The summed E-state index contributed by atoms with van der Waals surface area (Å²) in [5, 5.41) is 25.4. The second-order valence-corrected chi connectivity index (χ2v) is 22.3. The summed E-state index contributed by atoms with van der Waals surface area (Å²) in [5.74, 6) is -1.54. The highest BCUT2D eigenvalue weighted by Crippen LogP contribution is 2.36. The summed E-state index contributed by atoms with van der Waals surface area (Å²) in [6.45, 7) is 8.97. The van der Waals surface area contributed by atoms with Crippen molar-refractivity contribution in [1.29, 1.82) is 0 Å². The van der Waals surface area contributed by atoms with Gasteiger partial charge in [-0.15, -0.1) is 11.3 Å². The van der Waals surface area contributed by atoms with E-state index in [0.717, 1.165) is 43.7 Å². The number of pyridine rings is 1. The van der Waals surface area contributed by atoms with Gasteiger partial charge in [-0.25, -0.2) is 28.0 Å². The minimum atomic E-state index is -3.62. The Morgan fingerprint density at radius 1 is 1.00 bits per heavy atom. The number of methoxy groups -OCH3 is 1. The largest absolute Gasteiger partial charge is 0.497 e. The van der Waals surface area contributed by atoms with Crippen LogP contribution in [0.4, 0.5) is 9.93 Å². The van der Waals surface area contributed by atoms with Crippen molar-refractivity contribution in [3.63, 3.8) is 0 Å². The van der Waals surface area contributed by atoms with Crippen LogP contribution in [0.3, 0.4) is 0 Å². The topological polar surface area (TPSA) is 218 Å². The predicted octanol–water partition coefficient (Wildman–Crippen LogP) is 6.99. The van der Waals surface area contributed by atoms with Gasteiger partial charge in [0.2, 0.25) is 11.8 Å². The van der Waals surface area contributed by atoms with Crippen LogP contribution in [-0.2, 0) is 24.2 Å². The number of fused-ring (bicyclic) bond motifs is 2. The lowest BCUT2D eigenvalue weighted by Gasteiger charge is -2.40. The molecule has 1 saturated carbocycles. The number of hydrogen-bond donors (Lipinski definition) is 5. The molecule has 1 saturated heterocycles. The van der Waals surface area contributed by atoms with Crippen LogP contribution in [0.1, 0.15) is 118 Å². The first-order chi connectivity index (χ1) is 30.4. The third-order valence-corrected chi connectivity index (χ3v) is 15.8. The average molecular weight is 924 g/mol. The van der Waals surface area contributed by atoms with Gasteiger partial charge >= 0.3 is 12.0 Å². The number of aromatic nitrogens is 2. The number of hydrogen-bond acceptors (Lipinski definition) is 12. The quantitative estimate of drug-likeness (QED) is 0.123. The fraction of sp³-hybridized carbons (Fsp3) is 0.609. The van der Waals surface area contributed by atoms with Gasteiger partial charge < -0.3 is 40.7 Å². The number of benzene rings is 1. The Morgan fingerprint density at radius 2 is 1.73 bits per heavy atom. The van der Waals surface area contributed by atoms with E-state index in [4.69, 9.17) is 19.4 Å². The van der Waals surface area contributed by atoms with Crippen molar-refractivity contribution in [3.05, 3.63) is 41.8 Å². The predicted molar refractivity (Wildman–Crippen MR) is 249 cm³/mol. The van der Waals surface area contributed by atoms with Crippen molar-refractivity contribution in [2.45, 2.75) is 159 Å². The molecule has 0 bridgehead atoms. The second-order valence-electron chi connectivity index (χ2n) is 18.7. The van der Waals surface area contributed by atoms with Gasteiger partial charge in [-0.3, -0.25) is 9.59 Å². The number of urea groups is 1. The Kier molecular flexibility index (Phi) is 15.8. The maximum Gasteiger partial charge on any atom is 0.326 e. The SMILES string of the molecule is COc1ccc2c(O[C@@H]3C[C@H]4C(=O)N[C@H](C(=O)O)CCC=CCCCCC[C@H](NC(=O)NC5(CS(=O)(=O)C(C)(C)C)CCCCC5)C(=O)N4C3)cc(-c3csc(NC(C)C)n3)nc2c1. The third-order valence-electron chi connectivity index (χ3n) is 12.3. The zero-order valence-electron chi connectivity index (χ0n) is 37.9. The summed E-state index contributed by atoms with van der Waals surface area (Å²) in [5.41, 5.74) is 0.737. The monoisotopic (exact) mass is 923 g/mol. The first kappa shape index (κ1) is 48.5. The smallest absolute Gasteiger partial charge is 0.326 e. The van der Waals surface area contributed by atoms with Crippen LogP contribution in [0.25, 0.3) is 22.3 Å². The van der Waals surface area contributed by atoms with Crippen LogP contribution >= 0.6 is 11.3 Å². The molecule has 4 heterocycles. The van der Waals surface area contributed by atoms with Crippen molar-refractivity contribution in [1.82, 2.24) is 30.8 Å². The standard InChI is InChI=1S/C46H65N7O9S2/c1-29(2)47-44-51-37(27-63-44)36-25-39(32-20-19-30(61-6)23-35(32)48-36)62-31-24-38-40(54)49-34(42(56)57)18-14-11-9-7-8-10-13-17-33(41(55)53(38)26-31)50-43(58)52-46(21-15-12-16-22-46)28-64(59,60)45(3,4)5/h9,11,19-20,23,25,27,29,31,33-34,38H,7-8,10,12-18,21-22,24,26,28H2,1-6H3,(H,47,51)(H,49,54)(H,56,57)(H2,50,52,58)/t31-,33+,34+,38+/m1/s1. The average Bonchev–Trinajstić information content (AvgIpc) is 3.88. The van der Waals surface area contributed by atoms with E-state index in [9.17, 15) is 32.7 Å². The van der Waals surface area contributed by atoms with E-state index < -0.39 is 68.2 Å². The highest BCUT2D eigenvalue weighted by atomic mass is 32.2. The maximum atomic E-state index is 14.9. The normalized spacial score (nSPS) is 22.7. The number of amides is 4. The van der Waals surface area contributed by atoms with E-state index in [1.807, 2.05) is 37.4 Å². The summed E-state index contributed by atoms with van der Waals surface area (Å²) < 4.78 is 38.3. The Bertz CT molecular complexity index is 2290. The molecular weight excluding hydrogens is 859 g/mol. The lowest BCUT2D eigenvalue weighted by atomic mass is 9.83. The van der Waals surface area contributed by atoms with Crippen LogP contribution in [0.2, 0.25) is 0 Å². The first-order valence-electron chi connectivity index (χ1n) is 22.5. The number of aliphatic carboxylic acids is 1. The van der Waals surface area contributed by atoms with E-state index >= 15 is 0 Å². The van der Waals surface area contributed by atoms with E-state index in [-0.39, 0.29) is 37.6 Å². The van der Waals surface area contributed by atoms with Gasteiger partial charge in [0.1, 0.15) is 41.4 Å². The van der Waals surface area contributed by atoms with Gasteiger partial charge in [0.15, 0.2) is 15.0 Å². The van der Waals surface area contributed by atoms with Crippen molar-refractivity contribution >= 4 is 61.0 Å². The molecule has 3 aromatic rings. The van der Waals surface area contributed by atoms with Crippen molar-refractivity contribution in [3.8, 4) is 22.9 Å². The summed E-state index contributed by atoms with van der Waals surface area (Å²) in [7, 11) is -2.06. The molecule has 0 unspecified atom stereocenters. The van der Waals surface area contributed by atoms with Crippen molar-refractivity contribution < 1.29 is 42.2 Å². The van der Waals surface area contributed by atoms with Gasteiger partial charge in [0, 0.05) is 35.4 Å². The van der Waals surface area contributed by atoms with Crippen LogP contribution in [0, 0.1) is 0 Å². The van der Waals surface area contributed by atoms with Crippen LogP contribution in [-0.4, -0.2) is 112 Å². The molecule has 2 aromatic heterocycles. The summed E-state index contributed by atoms with van der Waals surface area (Å²) in [4.78, 5) is 66.8. The molecule has 0 spiro atoms. The number of allylic oxidation sites excluding steroid dienone is 2. The summed E-state index contributed by atoms with van der Waals surface area (Å²) in [6, 6.07) is 3.31. The maximum absolute atomic E-state index is 14.9. The number of anilines is 1. The minimum absolute atomic E-state index is 0.0327. The third kappa shape index (κ3) is 12.2. The molecule has 64 heavy (non-hydrogen) atoms. The molecule has 16 nitrogen and oxygen atoms in total. The molecule has 2 fully saturated rings. The molecule has 5 N–H and O–H groups in total. The minimum Gasteiger partial charge on any atom is -0.497 e. The van der Waals surface area contributed by atoms with E-state index in [2.05, 4.69) is 21.3 Å². The Morgan fingerprint density at radius 3 is 2.44 bits per heavy atom. The van der Waals surface area contributed by atoms with Crippen molar-refractivity contribution in [2.75, 3.05) is 24.7 Å². The molecule has 3 aliphatic rings. The number of carbonyl (C=O) groups is 4. The molecule has 0 radical (unpaired) electrons. The first-order valence-corrected chi connectivity index (χ1v) is 25.1. The molecule has 1 aromatic carbocycles. The van der Waals surface area contributed by atoms with E-state index in [1.54, 1.807) is 46.1 Å². The summed E-state index contributed by atoms with van der Waals surface area (Å²) in [6.07, 6.45) is 10.4. The molecule has 18 heteroatoms. The van der Waals surface area contributed by atoms with E-state index in [1.165, 1.54) is 16.2 Å². The van der Waals surface area contributed by atoms with Crippen LogP contribution < -0.4 is 30.7 Å². The number of thiazole rings is 1. The Balaban J connectivity index is 1.33. The lowest BCUT2D eigenvalue weighted by molar-refractivity contribution is -0.144. The fourth-order valence-corrected chi connectivity index (χ4v) is 11.0. The number of carboxylic acid groups (broad SMARTS) is 1. The van der Waals surface area contributed by atoms with Gasteiger partial charge in [0.25, 0.3) is 0 Å². The van der Waals surface area contributed by atoms with Gasteiger partial charge in [-0.05, 0) is 91.7 Å². The van der Waals surface area contributed by atoms with Gasteiger partial charge in [-0.2, -0.15) is 0 Å². The van der Waals surface area contributed by atoms with Crippen LogP contribution in [0.15, 0.2) is 41.8 Å². The summed E-state index contributed by atoms with van der Waals surface area (Å²) >= 11 is 1.45. The fourth-order valence-electron chi connectivity index (χ4n) is 8.61. The Labute approximate surface area is 380 Å². The molecule has 4 amide bonds. The molecule has 4 atom stereocenters. The molecule has 6 rings (SSSR count). The van der Waals surface area contributed by atoms with Gasteiger partial charge in [-0.1, -0.05) is 44.3 Å². The molecule has 350 valence electrons. The zero-order valence-corrected chi connectivity index (χ0v) is 39.5. The number of carboxylic acids is 1. The van der Waals surface area contributed by atoms with Gasteiger partial charge in [0.05, 0.1) is 40.9 Å².